The standard InChI is InChI=1S/C15H16N2O2/c16-11-12-3-1-4-14-13(12)5-7-17(14)8-6-15-18-9-2-10-19-15/h1,3-5,7,15H,2,6,8-10H2. The largest absolute Gasteiger partial charge is 0.353 e. The molecule has 0 radical (unpaired) electrons. The molecule has 1 aliphatic heterocycles. The monoisotopic (exact) mass is 256 g/mol. The van der Waals surface area contributed by atoms with Gasteiger partial charge < -0.3 is 14.0 Å². The van der Waals surface area contributed by atoms with E-state index >= 15 is 0 Å². The average Bonchev–Trinajstić information content (AvgIpc) is 2.89. The number of aromatic nitrogens is 1. The van der Waals surface area contributed by atoms with Gasteiger partial charge in [0.05, 0.1) is 24.8 Å². The first-order valence-electron chi connectivity index (χ1n) is 6.59. The average molecular weight is 256 g/mol. The van der Waals surface area contributed by atoms with Crippen molar-refractivity contribution in [2.45, 2.75) is 25.7 Å². The van der Waals surface area contributed by atoms with E-state index in [1.54, 1.807) is 0 Å². The lowest BCUT2D eigenvalue weighted by molar-refractivity contribution is -0.182. The summed E-state index contributed by atoms with van der Waals surface area (Å²) in [4.78, 5) is 0. The zero-order valence-electron chi connectivity index (χ0n) is 10.7. The molecule has 0 amide bonds. The second-order valence-corrected chi connectivity index (χ2v) is 4.67. The lowest BCUT2D eigenvalue weighted by Crippen LogP contribution is -2.25. The number of rotatable bonds is 3. The van der Waals surface area contributed by atoms with Crippen molar-refractivity contribution in [3.05, 3.63) is 36.0 Å². The predicted molar refractivity (Wildman–Crippen MR) is 71.6 cm³/mol. The first-order chi connectivity index (χ1) is 9.38. The Morgan fingerprint density at radius 2 is 2.11 bits per heavy atom. The topological polar surface area (TPSA) is 47.2 Å². The summed E-state index contributed by atoms with van der Waals surface area (Å²) in [5.41, 5.74) is 1.82. The molecule has 3 rings (SSSR count). The van der Waals surface area contributed by atoms with Crippen molar-refractivity contribution in [3.63, 3.8) is 0 Å². The molecule has 0 saturated carbocycles. The van der Waals surface area contributed by atoms with E-state index in [1.807, 2.05) is 30.5 Å². The number of hydrogen-bond acceptors (Lipinski definition) is 3. The first-order valence-corrected chi connectivity index (χ1v) is 6.59. The maximum absolute atomic E-state index is 9.08. The minimum atomic E-state index is -0.0923. The third kappa shape index (κ3) is 2.48. The third-order valence-electron chi connectivity index (χ3n) is 3.44. The van der Waals surface area contributed by atoms with Crippen molar-refractivity contribution in [2.24, 2.45) is 0 Å². The Labute approximate surface area is 112 Å². The van der Waals surface area contributed by atoms with Gasteiger partial charge in [0.2, 0.25) is 0 Å². The smallest absolute Gasteiger partial charge is 0.159 e. The van der Waals surface area contributed by atoms with Crippen LogP contribution >= 0.6 is 0 Å². The lowest BCUT2D eigenvalue weighted by Gasteiger charge is -2.23. The van der Waals surface area contributed by atoms with Crippen LogP contribution in [-0.4, -0.2) is 24.1 Å². The normalized spacial score (nSPS) is 16.6. The number of nitrogens with zero attached hydrogens (tertiary/aromatic N) is 2. The Morgan fingerprint density at radius 1 is 1.26 bits per heavy atom. The summed E-state index contributed by atoms with van der Waals surface area (Å²) in [6, 6.07) is 10.0. The molecular formula is C15H16N2O2. The van der Waals surface area contributed by atoms with E-state index in [-0.39, 0.29) is 6.29 Å². The highest BCUT2D eigenvalue weighted by atomic mass is 16.7. The highest BCUT2D eigenvalue weighted by Gasteiger charge is 2.14. The molecule has 0 aliphatic carbocycles. The molecule has 19 heavy (non-hydrogen) atoms. The van der Waals surface area contributed by atoms with Gasteiger partial charge in [-0.2, -0.15) is 5.26 Å². The molecule has 0 N–H and O–H groups in total. The lowest BCUT2D eigenvalue weighted by atomic mass is 10.1. The Kier molecular flexibility index (Phi) is 3.49. The molecule has 0 atom stereocenters. The van der Waals surface area contributed by atoms with Crippen LogP contribution in [0.5, 0.6) is 0 Å². The van der Waals surface area contributed by atoms with Gasteiger partial charge in [0, 0.05) is 30.1 Å². The quantitative estimate of drug-likeness (QED) is 0.848. The molecule has 4 nitrogen and oxygen atoms in total. The van der Waals surface area contributed by atoms with Gasteiger partial charge in [-0.05, 0) is 24.6 Å². The van der Waals surface area contributed by atoms with E-state index in [9.17, 15) is 0 Å². The van der Waals surface area contributed by atoms with Crippen molar-refractivity contribution in [3.8, 4) is 6.07 Å². The van der Waals surface area contributed by atoms with Crippen molar-refractivity contribution < 1.29 is 9.47 Å². The van der Waals surface area contributed by atoms with Gasteiger partial charge >= 0.3 is 0 Å². The molecule has 1 saturated heterocycles. The van der Waals surface area contributed by atoms with Gasteiger partial charge in [0.1, 0.15) is 0 Å². The fourth-order valence-electron chi connectivity index (χ4n) is 2.46. The van der Waals surface area contributed by atoms with E-state index in [2.05, 4.69) is 10.6 Å². The van der Waals surface area contributed by atoms with Crippen molar-refractivity contribution in [1.29, 1.82) is 5.26 Å². The van der Waals surface area contributed by atoms with E-state index in [0.717, 1.165) is 49.1 Å². The van der Waals surface area contributed by atoms with Crippen LogP contribution < -0.4 is 0 Å². The number of ether oxygens (including phenoxy) is 2. The van der Waals surface area contributed by atoms with E-state index in [1.165, 1.54) is 0 Å². The maximum Gasteiger partial charge on any atom is 0.159 e. The Morgan fingerprint density at radius 3 is 2.89 bits per heavy atom. The van der Waals surface area contributed by atoms with Crippen LogP contribution in [0.15, 0.2) is 30.5 Å². The molecule has 1 aromatic heterocycles. The van der Waals surface area contributed by atoms with Gasteiger partial charge in [-0.15, -0.1) is 0 Å². The van der Waals surface area contributed by atoms with Crippen LogP contribution in [0.4, 0.5) is 0 Å². The summed E-state index contributed by atoms with van der Waals surface area (Å²) in [7, 11) is 0. The van der Waals surface area contributed by atoms with Gasteiger partial charge in [0.15, 0.2) is 6.29 Å². The summed E-state index contributed by atoms with van der Waals surface area (Å²) >= 11 is 0. The van der Waals surface area contributed by atoms with Crippen LogP contribution in [0.3, 0.4) is 0 Å². The fraction of sp³-hybridized carbons (Fsp3) is 0.400. The molecule has 4 heteroatoms. The SMILES string of the molecule is N#Cc1cccc2c1ccn2CCC1OCCCO1. The van der Waals surface area contributed by atoms with Crippen LogP contribution in [-0.2, 0) is 16.0 Å². The molecule has 0 unspecified atom stereocenters. The second-order valence-electron chi connectivity index (χ2n) is 4.67. The Hall–Kier alpha value is -1.83. The van der Waals surface area contributed by atoms with Crippen LogP contribution in [0, 0.1) is 11.3 Å². The van der Waals surface area contributed by atoms with E-state index < -0.39 is 0 Å². The minimum Gasteiger partial charge on any atom is -0.353 e. The second kappa shape index (κ2) is 5.43. The van der Waals surface area contributed by atoms with Crippen LogP contribution in [0.1, 0.15) is 18.4 Å². The molecule has 2 heterocycles. The maximum atomic E-state index is 9.08. The van der Waals surface area contributed by atoms with Crippen molar-refractivity contribution >= 4 is 10.9 Å². The molecule has 0 spiro atoms. The molecule has 1 aliphatic rings. The van der Waals surface area contributed by atoms with Crippen molar-refractivity contribution in [1.82, 2.24) is 4.57 Å². The van der Waals surface area contributed by atoms with Gasteiger partial charge in [-0.3, -0.25) is 0 Å². The summed E-state index contributed by atoms with van der Waals surface area (Å²) < 4.78 is 13.2. The number of aryl methyl sites for hydroxylation is 1. The minimum absolute atomic E-state index is 0.0923. The van der Waals surface area contributed by atoms with Crippen LogP contribution in [0.25, 0.3) is 10.9 Å². The highest BCUT2D eigenvalue weighted by molar-refractivity contribution is 5.85. The van der Waals surface area contributed by atoms with Gasteiger partial charge in [-0.25, -0.2) is 0 Å². The summed E-state index contributed by atoms with van der Waals surface area (Å²) in [5.74, 6) is 0. The van der Waals surface area contributed by atoms with E-state index in [0.29, 0.717) is 0 Å². The predicted octanol–water partition coefficient (Wildman–Crippen LogP) is 2.67. The molecule has 0 bridgehead atoms. The summed E-state index contributed by atoms with van der Waals surface area (Å²) in [6.45, 7) is 2.41. The van der Waals surface area contributed by atoms with E-state index in [4.69, 9.17) is 14.7 Å². The molecule has 1 fully saturated rings. The number of benzene rings is 1. The molecule has 98 valence electrons. The fourth-order valence-corrected chi connectivity index (χ4v) is 2.46. The number of fused-ring (bicyclic) bond motifs is 1. The van der Waals surface area contributed by atoms with Gasteiger partial charge in [0.25, 0.3) is 0 Å². The Balaban J connectivity index is 1.76. The van der Waals surface area contributed by atoms with Crippen molar-refractivity contribution in [2.75, 3.05) is 13.2 Å². The Bertz CT molecular complexity index is 606. The van der Waals surface area contributed by atoms with Gasteiger partial charge in [-0.1, -0.05) is 6.07 Å². The first kappa shape index (κ1) is 12.2. The zero-order chi connectivity index (χ0) is 13.1. The number of nitriles is 1. The number of hydrogen-bond donors (Lipinski definition) is 0. The van der Waals surface area contributed by atoms with Crippen LogP contribution in [0.2, 0.25) is 0 Å². The molecule has 1 aromatic carbocycles. The molecule has 2 aromatic rings. The molecular weight excluding hydrogens is 240 g/mol. The summed E-state index contributed by atoms with van der Waals surface area (Å²) in [6.07, 6.45) is 3.74. The highest BCUT2D eigenvalue weighted by Crippen LogP contribution is 2.20. The third-order valence-corrected chi connectivity index (χ3v) is 3.44. The summed E-state index contributed by atoms with van der Waals surface area (Å²) in [5, 5.41) is 10.1. The zero-order valence-corrected chi connectivity index (χ0v) is 10.7.